The lowest BCUT2D eigenvalue weighted by molar-refractivity contribution is -0.140. The molecule has 0 aliphatic heterocycles. The molecule has 1 N–H and O–H groups in total. The van der Waals surface area contributed by atoms with Crippen molar-refractivity contribution in [1.82, 2.24) is 4.98 Å². The van der Waals surface area contributed by atoms with Gasteiger partial charge in [-0.1, -0.05) is 60.1 Å². The molecule has 3 aromatic rings. The second kappa shape index (κ2) is 7.32. The van der Waals surface area contributed by atoms with E-state index in [0.29, 0.717) is 17.4 Å². The molecular formula is C19H17ClN2O2. The third-order valence-electron chi connectivity index (χ3n) is 3.60. The summed E-state index contributed by atoms with van der Waals surface area (Å²) in [5.41, 5.74) is 2.49. The zero-order valence-corrected chi connectivity index (χ0v) is 14.0. The van der Waals surface area contributed by atoms with Gasteiger partial charge in [0.2, 0.25) is 0 Å². The standard InChI is InChI=1S/C19H17ClN2O2/c1-2-24-16(23)12-21-19-17(13-8-4-3-5-9-13)18(20)14-10-6-7-11-15(14)22-19/h3-11H,2,12H2,1H3,(H,21,22). The van der Waals surface area contributed by atoms with Crippen LogP contribution in [0.25, 0.3) is 22.0 Å². The van der Waals surface area contributed by atoms with E-state index in [1.807, 2.05) is 54.6 Å². The second-order valence-electron chi connectivity index (χ2n) is 5.19. The van der Waals surface area contributed by atoms with Gasteiger partial charge >= 0.3 is 5.97 Å². The molecule has 1 heterocycles. The van der Waals surface area contributed by atoms with Crippen molar-refractivity contribution in [3.63, 3.8) is 0 Å². The van der Waals surface area contributed by atoms with Gasteiger partial charge in [-0.3, -0.25) is 4.79 Å². The number of anilines is 1. The molecule has 0 amide bonds. The maximum absolute atomic E-state index is 11.7. The topological polar surface area (TPSA) is 51.2 Å². The van der Waals surface area contributed by atoms with Crippen molar-refractivity contribution < 1.29 is 9.53 Å². The second-order valence-corrected chi connectivity index (χ2v) is 5.57. The zero-order valence-electron chi connectivity index (χ0n) is 13.3. The van der Waals surface area contributed by atoms with Crippen LogP contribution in [0.2, 0.25) is 5.02 Å². The molecule has 0 saturated carbocycles. The number of esters is 1. The van der Waals surface area contributed by atoms with Crippen LogP contribution in [-0.2, 0) is 9.53 Å². The highest BCUT2D eigenvalue weighted by molar-refractivity contribution is 6.38. The Hall–Kier alpha value is -2.59. The van der Waals surface area contributed by atoms with E-state index in [4.69, 9.17) is 16.3 Å². The first-order chi connectivity index (χ1) is 11.7. The van der Waals surface area contributed by atoms with Crippen LogP contribution in [0, 0.1) is 0 Å². The molecule has 5 heteroatoms. The third kappa shape index (κ3) is 3.34. The molecule has 0 saturated heterocycles. The van der Waals surface area contributed by atoms with E-state index in [0.717, 1.165) is 22.0 Å². The number of hydrogen-bond donors (Lipinski definition) is 1. The van der Waals surface area contributed by atoms with E-state index in [1.54, 1.807) is 6.92 Å². The maximum Gasteiger partial charge on any atom is 0.325 e. The summed E-state index contributed by atoms with van der Waals surface area (Å²) in [6.45, 7) is 2.16. The van der Waals surface area contributed by atoms with Crippen molar-refractivity contribution in [2.75, 3.05) is 18.5 Å². The van der Waals surface area contributed by atoms with Gasteiger partial charge in [0.15, 0.2) is 0 Å². The van der Waals surface area contributed by atoms with E-state index >= 15 is 0 Å². The molecule has 0 bridgehead atoms. The first-order valence-electron chi connectivity index (χ1n) is 7.74. The number of nitrogens with one attached hydrogen (secondary N) is 1. The molecular weight excluding hydrogens is 324 g/mol. The number of rotatable bonds is 5. The van der Waals surface area contributed by atoms with E-state index in [9.17, 15) is 4.79 Å². The highest BCUT2D eigenvalue weighted by atomic mass is 35.5. The van der Waals surface area contributed by atoms with Gasteiger partial charge in [0, 0.05) is 10.9 Å². The lowest BCUT2D eigenvalue weighted by Crippen LogP contribution is -2.18. The van der Waals surface area contributed by atoms with Crippen LogP contribution in [0.5, 0.6) is 0 Å². The maximum atomic E-state index is 11.7. The summed E-state index contributed by atoms with van der Waals surface area (Å²) in [7, 11) is 0. The lowest BCUT2D eigenvalue weighted by atomic mass is 10.0. The van der Waals surface area contributed by atoms with E-state index in [2.05, 4.69) is 10.3 Å². The average molecular weight is 341 g/mol. The van der Waals surface area contributed by atoms with Gasteiger partial charge in [-0.2, -0.15) is 0 Å². The lowest BCUT2D eigenvalue weighted by Gasteiger charge is -2.15. The quantitative estimate of drug-likeness (QED) is 0.693. The van der Waals surface area contributed by atoms with Crippen molar-refractivity contribution >= 4 is 34.3 Å². The fourth-order valence-electron chi connectivity index (χ4n) is 2.54. The fourth-order valence-corrected chi connectivity index (χ4v) is 2.89. The smallest absolute Gasteiger partial charge is 0.325 e. The van der Waals surface area contributed by atoms with Crippen LogP contribution in [0.1, 0.15) is 6.92 Å². The van der Waals surface area contributed by atoms with Gasteiger partial charge < -0.3 is 10.1 Å². The predicted octanol–water partition coefficient (Wildman–Crippen LogP) is 4.53. The molecule has 122 valence electrons. The number of carbonyl (C=O) groups is 1. The number of para-hydroxylation sites is 1. The summed E-state index contributed by atoms with van der Waals surface area (Å²) >= 11 is 6.66. The number of halogens is 1. The fraction of sp³-hybridized carbons (Fsp3) is 0.158. The van der Waals surface area contributed by atoms with E-state index < -0.39 is 0 Å². The van der Waals surface area contributed by atoms with Crippen LogP contribution in [0.4, 0.5) is 5.82 Å². The molecule has 3 rings (SSSR count). The van der Waals surface area contributed by atoms with Crippen molar-refractivity contribution in [2.24, 2.45) is 0 Å². The average Bonchev–Trinajstić information content (AvgIpc) is 2.61. The highest BCUT2D eigenvalue weighted by Crippen LogP contribution is 2.38. The molecule has 0 aliphatic carbocycles. The molecule has 4 nitrogen and oxygen atoms in total. The third-order valence-corrected chi connectivity index (χ3v) is 3.99. The Morgan fingerprint density at radius 1 is 1.12 bits per heavy atom. The Labute approximate surface area is 145 Å². The van der Waals surface area contributed by atoms with Gasteiger partial charge in [0.1, 0.15) is 12.4 Å². The van der Waals surface area contributed by atoms with Gasteiger partial charge in [0.05, 0.1) is 17.1 Å². The summed E-state index contributed by atoms with van der Waals surface area (Å²) in [5, 5.41) is 4.54. The van der Waals surface area contributed by atoms with E-state index in [-0.39, 0.29) is 12.5 Å². The van der Waals surface area contributed by atoms with Crippen molar-refractivity contribution in [3.05, 3.63) is 59.6 Å². The summed E-state index contributed by atoms with van der Waals surface area (Å²) in [6.07, 6.45) is 0. The highest BCUT2D eigenvalue weighted by Gasteiger charge is 2.16. The Bertz CT molecular complexity index is 866. The molecule has 0 unspecified atom stereocenters. The largest absolute Gasteiger partial charge is 0.465 e. The van der Waals surface area contributed by atoms with Crippen LogP contribution in [-0.4, -0.2) is 24.1 Å². The zero-order chi connectivity index (χ0) is 16.9. The number of hydrogen-bond acceptors (Lipinski definition) is 4. The minimum absolute atomic E-state index is 0.0370. The normalized spacial score (nSPS) is 10.6. The number of aromatic nitrogens is 1. The van der Waals surface area contributed by atoms with Gasteiger partial charge in [-0.25, -0.2) is 4.98 Å². The van der Waals surface area contributed by atoms with Crippen LogP contribution < -0.4 is 5.32 Å². The molecule has 24 heavy (non-hydrogen) atoms. The van der Waals surface area contributed by atoms with Crippen molar-refractivity contribution in [1.29, 1.82) is 0 Å². The molecule has 0 radical (unpaired) electrons. The Kier molecular flexibility index (Phi) is 4.96. The number of carbonyl (C=O) groups excluding carboxylic acids is 1. The summed E-state index contributed by atoms with van der Waals surface area (Å²) in [4.78, 5) is 16.3. The molecule has 0 fully saturated rings. The first-order valence-corrected chi connectivity index (χ1v) is 8.11. The molecule has 0 atom stereocenters. The molecule has 0 aliphatic rings. The molecule has 1 aromatic heterocycles. The Morgan fingerprint density at radius 2 is 1.83 bits per heavy atom. The molecule has 2 aromatic carbocycles. The number of benzene rings is 2. The number of ether oxygens (including phenoxy) is 1. The van der Waals surface area contributed by atoms with Crippen LogP contribution >= 0.6 is 11.6 Å². The number of nitrogens with zero attached hydrogens (tertiary/aromatic N) is 1. The first kappa shape index (κ1) is 16.3. The van der Waals surface area contributed by atoms with Crippen molar-refractivity contribution in [3.8, 4) is 11.1 Å². The summed E-state index contributed by atoms with van der Waals surface area (Å²) in [5.74, 6) is 0.237. The van der Waals surface area contributed by atoms with Crippen LogP contribution in [0.15, 0.2) is 54.6 Å². The van der Waals surface area contributed by atoms with Crippen LogP contribution in [0.3, 0.4) is 0 Å². The number of fused-ring (bicyclic) bond motifs is 1. The Balaban J connectivity index is 2.09. The minimum atomic E-state index is -0.331. The van der Waals surface area contributed by atoms with Gasteiger partial charge in [-0.15, -0.1) is 0 Å². The monoisotopic (exact) mass is 340 g/mol. The summed E-state index contributed by atoms with van der Waals surface area (Å²) < 4.78 is 4.96. The molecule has 0 spiro atoms. The number of pyridine rings is 1. The van der Waals surface area contributed by atoms with Gasteiger partial charge in [0.25, 0.3) is 0 Å². The minimum Gasteiger partial charge on any atom is -0.465 e. The van der Waals surface area contributed by atoms with Crippen molar-refractivity contribution in [2.45, 2.75) is 6.92 Å². The predicted molar refractivity (Wildman–Crippen MR) is 97.3 cm³/mol. The van der Waals surface area contributed by atoms with E-state index in [1.165, 1.54) is 0 Å². The SMILES string of the molecule is CCOC(=O)CNc1nc2ccccc2c(Cl)c1-c1ccccc1. The van der Waals surface area contributed by atoms with Gasteiger partial charge in [-0.05, 0) is 18.6 Å². The summed E-state index contributed by atoms with van der Waals surface area (Å²) in [6, 6.07) is 17.4. The Morgan fingerprint density at radius 3 is 2.58 bits per heavy atom.